The van der Waals surface area contributed by atoms with E-state index >= 15 is 0 Å². The molecule has 88 valence electrons. The molecule has 1 fully saturated rings. The zero-order valence-corrected chi connectivity index (χ0v) is 9.27. The Labute approximate surface area is 93.8 Å². The molecule has 0 spiro atoms. The molecule has 0 aromatic carbocycles. The number of anilines is 1. The molecule has 1 aromatic heterocycles. The van der Waals surface area contributed by atoms with Gasteiger partial charge in [0.05, 0.1) is 13.2 Å². The smallest absolute Gasteiger partial charge is 0.358 e. The van der Waals surface area contributed by atoms with Gasteiger partial charge in [-0.2, -0.15) is 5.10 Å². The van der Waals surface area contributed by atoms with Crippen LogP contribution in [0.3, 0.4) is 0 Å². The van der Waals surface area contributed by atoms with E-state index in [1.165, 1.54) is 7.11 Å². The number of carbonyl (C=O) groups excluding carboxylic acids is 1. The van der Waals surface area contributed by atoms with Crippen LogP contribution in [0.1, 0.15) is 29.4 Å². The average Bonchev–Trinajstić information content (AvgIpc) is 2.71. The maximum absolute atomic E-state index is 11.3. The lowest BCUT2D eigenvalue weighted by Crippen LogP contribution is -2.30. The van der Waals surface area contributed by atoms with Crippen molar-refractivity contribution >= 4 is 11.8 Å². The van der Waals surface area contributed by atoms with Crippen LogP contribution in [0.25, 0.3) is 0 Å². The molecule has 0 radical (unpaired) electrons. The normalized spacial score (nSPS) is 17.3. The van der Waals surface area contributed by atoms with Gasteiger partial charge in [0.25, 0.3) is 0 Å². The average molecular weight is 224 g/mol. The van der Waals surface area contributed by atoms with Gasteiger partial charge in [0.2, 0.25) is 0 Å². The van der Waals surface area contributed by atoms with Crippen molar-refractivity contribution in [3.8, 4) is 0 Å². The molecule has 3 N–H and O–H groups in total. The summed E-state index contributed by atoms with van der Waals surface area (Å²) in [5.74, 6) is 0.0756. The van der Waals surface area contributed by atoms with Crippen LogP contribution in [0.15, 0.2) is 6.07 Å². The Hall–Kier alpha value is -1.56. The quantitative estimate of drug-likeness (QED) is 0.700. The van der Waals surface area contributed by atoms with Crippen LogP contribution in [0.4, 0.5) is 5.82 Å². The third-order valence-corrected chi connectivity index (χ3v) is 2.81. The first-order valence-corrected chi connectivity index (χ1v) is 5.36. The molecule has 1 aromatic rings. The lowest BCUT2D eigenvalue weighted by atomic mass is 10.1. The van der Waals surface area contributed by atoms with Crippen LogP contribution < -0.4 is 11.1 Å². The third kappa shape index (κ3) is 2.01. The number of nitrogen functional groups attached to an aromatic ring is 1. The van der Waals surface area contributed by atoms with Crippen molar-refractivity contribution in [2.75, 3.05) is 25.9 Å². The van der Waals surface area contributed by atoms with Crippen molar-refractivity contribution in [2.45, 2.75) is 18.9 Å². The summed E-state index contributed by atoms with van der Waals surface area (Å²) < 4.78 is 6.34. The monoisotopic (exact) mass is 224 g/mol. The van der Waals surface area contributed by atoms with E-state index in [-0.39, 0.29) is 11.7 Å². The van der Waals surface area contributed by atoms with Gasteiger partial charge in [0.1, 0.15) is 5.82 Å². The number of ether oxygens (including phenoxy) is 1. The van der Waals surface area contributed by atoms with Crippen LogP contribution in [0.5, 0.6) is 0 Å². The van der Waals surface area contributed by atoms with Crippen molar-refractivity contribution in [1.82, 2.24) is 15.1 Å². The summed E-state index contributed by atoms with van der Waals surface area (Å²) in [7, 11) is 1.34. The van der Waals surface area contributed by atoms with Crippen LogP contribution in [-0.2, 0) is 4.74 Å². The number of hydrogen-bond acceptors (Lipinski definition) is 5. The maximum atomic E-state index is 11.3. The fourth-order valence-corrected chi connectivity index (χ4v) is 1.96. The minimum Gasteiger partial charge on any atom is -0.464 e. The molecule has 0 amide bonds. The number of piperidine rings is 1. The van der Waals surface area contributed by atoms with E-state index in [1.54, 1.807) is 10.7 Å². The van der Waals surface area contributed by atoms with E-state index < -0.39 is 5.97 Å². The highest BCUT2D eigenvalue weighted by Crippen LogP contribution is 2.22. The van der Waals surface area contributed by atoms with Crippen LogP contribution >= 0.6 is 0 Å². The SMILES string of the molecule is COC(=O)c1cc(N)n(C2CCNCC2)n1. The van der Waals surface area contributed by atoms with Gasteiger partial charge in [-0.3, -0.25) is 0 Å². The van der Waals surface area contributed by atoms with Crippen molar-refractivity contribution < 1.29 is 9.53 Å². The Bertz CT molecular complexity index is 382. The highest BCUT2D eigenvalue weighted by molar-refractivity contribution is 5.87. The summed E-state index contributed by atoms with van der Waals surface area (Å²) >= 11 is 0. The number of carbonyl (C=O) groups is 1. The Balaban J connectivity index is 2.20. The molecule has 1 aliphatic rings. The summed E-state index contributed by atoms with van der Waals surface area (Å²) in [6.07, 6.45) is 1.96. The Morgan fingerprint density at radius 1 is 1.62 bits per heavy atom. The fourth-order valence-electron chi connectivity index (χ4n) is 1.96. The van der Waals surface area contributed by atoms with Crippen molar-refractivity contribution in [2.24, 2.45) is 0 Å². The van der Waals surface area contributed by atoms with Gasteiger partial charge in [-0.25, -0.2) is 9.48 Å². The lowest BCUT2D eigenvalue weighted by molar-refractivity contribution is 0.0592. The second-order valence-electron chi connectivity index (χ2n) is 3.87. The van der Waals surface area contributed by atoms with Crippen molar-refractivity contribution in [1.29, 1.82) is 0 Å². The summed E-state index contributed by atoms with van der Waals surface area (Å²) in [6, 6.07) is 1.84. The summed E-state index contributed by atoms with van der Waals surface area (Å²) in [5, 5.41) is 7.46. The molecule has 0 unspecified atom stereocenters. The van der Waals surface area contributed by atoms with E-state index in [4.69, 9.17) is 5.73 Å². The molecule has 16 heavy (non-hydrogen) atoms. The minimum absolute atomic E-state index is 0.276. The summed E-state index contributed by atoms with van der Waals surface area (Å²) in [6.45, 7) is 1.91. The Kier molecular flexibility index (Phi) is 3.09. The summed E-state index contributed by atoms with van der Waals surface area (Å²) in [4.78, 5) is 11.3. The third-order valence-electron chi connectivity index (χ3n) is 2.81. The molecule has 0 aliphatic carbocycles. The number of nitrogens with zero attached hydrogens (tertiary/aromatic N) is 2. The predicted molar refractivity (Wildman–Crippen MR) is 59.1 cm³/mol. The molecule has 2 rings (SSSR count). The molecule has 1 saturated heterocycles. The van der Waals surface area contributed by atoms with E-state index in [9.17, 15) is 4.79 Å². The number of rotatable bonds is 2. The van der Waals surface area contributed by atoms with Crippen molar-refractivity contribution in [3.05, 3.63) is 11.8 Å². The zero-order valence-electron chi connectivity index (χ0n) is 9.27. The second kappa shape index (κ2) is 4.52. The highest BCUT2D eigenvalue weighted by atomic mass is 16.5. The second-order valence-corrected chi connectivity index (χ2v) is 3.87. The molecule has 2 heterocycles. The van der Waals surface area contributed by atoms with E-state index in [2.05, 4.69) is 15.2 Å². The van der Waals surface area contributed by atoms with Crippen molar-refractivity contribution in [3.63, 3.8) is 0 Å². The minimum atomic E-state index is -0.445. The van der Waals surface area contributed by atoms with Crippen LogP contribution in [0.2, 0.25) is 0 Å². The van der Waals surface area contributed by atoms with Gasteiger partial charge >= 0.3 is 5.97 Å². The van der Waals surface area contributed by atoms with E-state index in [0.717, 1.165) is 25.9 Å². The van der Waals surface area contributed by atoms with Gasteiger partial charge in [0.15, 0.2) is 5.69 Å². The van der Waals surface area contributed by atoms with Gasteiger partial charge in [-0.1, -0.05) is 0 Å². The number of nitrogens with one attached hydrogen (secondary N) is 1. The molecule has 0 bridgehead atoms. The standard InChI is InChI=1S/C10H16N4O2/c1-16-10(15)8-6-9(11)14(13-8)7-2-4-12-5-3-7/h6-7,12H,2-5,11H2,1H3. The van der Waals surface area contributed by atoms with E-state index in [0.29, 0.717) is 5.82 Å². The first-order chi connectivity index (χ1) is 7.72. The number of aromatic nitrogens is 2. The topological polar surface area (TPSA) is 82.2 Å². The molecule has 6 nitrogen and oxygen atoms in total. The van der Waals surface area contributed by atoms with Gasteiger partial charge < -0.3 is 15.8 Å². The number of hydrogen-bond donors (Lipinski definition) is 2. The molecule has 6 heteroatoms. The van der Waals surface area contributed by atoms with Gasteiger partial charge in [0, 0.05) is 6.07 Å². The molecular weight excluding hydrogens is 208 g/mol. The molecule has 0 saturated carbocycles. The molecule has 0 atom stereocenters. The number of nitrogens with two attached hydrogens (primary N) is 1. The maximum Gasteiger partial charge on any atom is 0.358 e. The van der Waals surface area contributed by atoms with Gasteiger partial charge in [-0.05, 0) is 25.9 Å². The number of esters is 1. The van der Waals surface area contributed by atoms with Gasteiger partial charge in [-0.15, -0.1) is 0 Å². The largest absolute Gasteiger partial charge is 0.464 e. The first kappa shape index (κ1) is 10.9. The highest BCUT2D eigenvalue weighted by Gasteiger charge is 2.20. The Morgan fingerprint density at radius 2 is 2.31 bits per heavy atom. The Morgan fingerprint density at radius 3 is 2.94 bits per heavy atom. The lowest BCUT2D eigenvalue weighted by Gasteiger charge is -2.23. The molecular formula is C10H16N4O2. The summed E-state index contributed by atoms with van der Waals surface area (Å²) in [5.41, 5.74) is 6.11. The molecule has 1 aliphatic heterocycles. The first-order valence-electron chi connectivity index (χ1n) is 5.36. The zero-order chi connectivity index (χ0) is 11.5. The van der Waals surface area contributed by atoms with Crippen LogP contribution in [0, 0.1) is 0 Å². The fraction of sp³-hybridized carbons (Fsp3) is 0.600. The van der Waals surface area contributed by atoms with E-state index in [1.807, 2.05) is 0 Å². The number of methoxy groups -OCH3 is 1. The van der Waals surface area contributed by atoms with Crippen LogP contribution in [-0.4, -0.2) is 35.9 Å². The predicted octanol–water partition coefficient (Wildman–Crippen LogP) is 0.176.